The summed E-state index contributed by atoms with van der Waals surface area (Å²) < 4.78 is 9.83. The van der Waals surface area contributed by atoms with E-state index in [1.165, 1.54) is 7.11 Å². The smallest absolute Gasteiger partial charge is 0.325 e. The number of halogens is 1. The lowest BCUT2D eigenvalue weighted by molar-refractivity contribution is -0.149. The van der Waals surface area contributed by atoms with E-state index >= 15 is 0 Å². The quantitative estimate of drug-likeness (QED) is 0.597. The Labute approximate surface area is 78.0 Å². The lowest BCUT2D eigenvalue weighted by atomic mass is 10.1. The van der Waals surface area contributed by atoms with Gasteiger partial charge >= 0.3 is 5.97 Å². The Hall–Kier alpha value is -0.320. The van der Waals surface area contributed by atoms with Gasteiger partial charge in [0.1, 0.15) is 6.04 Å². The number of carbonyl (C=O) groups is 1. The molecule has 0 bridgehead atoms. The Kier molecular flexibility index (Phi) is 5.20. The number of nitrogens with one attached hydrogen (secondary N) is 1. The number of hydrogen-bond acceptors (Lipinski definition) is 4. The van der Waals surface area contributed by atoms with Crippen LogP contribution in [0, 0.1) is 0 Å². The van der Waals surface area contributed by atoms with Gasteiger partial charge in [-0.25, -0.2) is 0 Å². The highest BCUT2D eigenvalue weighted by Crippen LogP contribution is 2.04. The van der Waals surface area contributed by atoms with Crippen molar-refractivity contribution in [3.8, 4) is 0 Å². The van der Waals surface area contributed by atoms with Gasteiger partial charge in [0.25, 0.3) is 0 Å². The van der Waals surface area contributed by atoms with Crippen LogP contribution in [0.4, 0.5) is 0 Å². The van der Waals surface area contributed by atoms with Crippen LogP contribution in [0.3, 0.4) is 0 Å². The molecule has 1 aliphatic heterocycles. The third-order valence-electron chi connectivity index (χ3n) is 1.77. The summed E-state index contributed by atoms with van der Waals surface area (Å²) in [6.07, 6.45) is -0.0869. The number of hydrogen-bond donors (Lipinski definition) is 1. The monoisotopic (exact) mass is 195 g/mol. The summed E-state index contributed by atoms with van der Waals surface area (Å²) in [6, 6.07) is -0.297. The first-order valence-electron chi connectivity index (χ1n) is 3.68. The molecule has 1 saturated heterocycles. The third-order valence-corrected chi connectivity index (χ3v) is 1.77. The summed E-state index contributed by atoms with van der Waals surface area (Å²) in [4.78, 5) is 11.0. The molecule has 12 heavy (non-hydrogen) atoms. The Bertz CT molecular complexity index is 154. The Morgan fingerprint density at radius 2 is 2.33 bits per heavy atom. The molecule has 1 heterocycles. The van der Waals surface area contributed by atoms with Crippen molar-refractivity contribution in [2.45, 2.75) is 19.1 Å². The molecular formula is C7H14ClNO3. The van der Waals surface area contributed by atoms with E-state index in [0.717, 1.165) is 0 Å². The van der Waals surface area contributed by atoms with Crippen molar-refractivity contribution < 1.29 is 14.3 Å². The van der Waals surface area contributed by atoms with E-state index in [9.17, 15) is 4.79 Å². The highest BCUT2D eigenvalue weighted by molar-refractivity contribution is 5.85. The van der Waals surface area contributed by atoms with Crippen LogP contribution in [0.15, 0.2) is 0 Å². The van der Waals surface area contributed by atoms with Crippen molar-refractivity contribution in [1.82, 2.24) is 5.32 Å². The highest BCUT2D eigenvalue weighted by Gasteiger charge is 2.28. The van der Waals surface area contributed by atoms with Crippen molar-refractivity contribution >= 4 is 18.4 Å². The van der Waals surface area contributed by atoms with Crippen LogP contribution >= 0.6 is 12.4 Å². The number of carbonyl (C=O) groups excluding carboxylic acids is 1. The summed E-state index contributed by atoms with van der Waals surface area (Å²) in [5, 5.41) is 3.02. The summed E-state index contributed by atoms with van der Waals surface area (Å²) >= 11 is 0. The molecule has 0 aromatic carbocycles. The van der Waals surface area contributed by atoms with Crippen LogP contribution in [-0.4, -0.2) is 38.4 Å². The van der Waals surface area contributed by atoms with Gasteiger partial charge in [-0.15, -0.1) is 12.4 Å². The minimum atomic E-state index is -0.297. The fourth-order valence-electron chi connectivity index (χ4n) is 1.12. The molecule has 2 atom stereocenters. The fraction of sp³-hybridized carbons (Fsp3) is 0.857. The van der Waals surface area contributed by atoms with Gasteiger partial charge in [-0.2, -0.15) is 0 Å². The van der Waals surface area contributed by atoms with Crippen LogP contribution in [0.25, 0.3) is 0 Å². The highest BCUT2D eigenvalue weighted by atomic mass is 35.5. The molecule has 5 heteroatoms. The molecule has 0 saturated carbocycles. The molecule has 1 rings (SSSR count). The van der Waals surface area contributed by atoms with Gasteiger partial charge < -0.3 is 9.47 Å². The predicted octanol–water partition coefficient (Wildman–Crippen LogP) is -0.0419. The predicted molar refractivity (Wildman–Crippen MR) is 46.5 cm³/mol. The van der Waals surface area contributed by atoms with Crippen molar-refractivity contribution in [3.05, 3.63) is 0 Å². The van der Waals surface area contributed by atoms with Crippen LogP contribution in [0.1, 0.15) is 6.92 Å². The van der Waals surface area contributed by atoms with E-state index in [2.05, 4.69) is 10.1 Å². The summed E-state index contributed by atoms with van der Waals surface area (Å²) in [7, 11) is 1.38. The second-order valence-corrected chi connectivity index (χ2v) is 2.53. The summed E-state index contributed by atoms with van der Waals surface area (Å²) in [5.74, 6) is -0.253. The van der Waals surface area contributed by atoms with E-state index in [1.807, 2.05) is 6.92 Å². The average molecular weight is 196 g/mol. The maximum atomic E-state index is 11.0. The summed E-state index contributed by atoms with van der Waals surface area (Å²) in [5.41, 5.74) is 0. The van der Waals surface area contributed by atoms with Crippen molar-refractivity contribution in [2.75, 3.05) is 20.3 Å². The van der Waals surface area contributed by atoms with Crippen molar-refractivity contribution in [3.63, 3.8) is 0 Å². The lowest BCUT2D eigenvalue weighted by Gasteiger charge is -2.27. The zero-order chi connectivity index (χ0) is 8.27. The zero-order valence-electron chi connectivity index (χ0n) is 7.20. The van der Waals surface area contributed by atoms with Gasteiger partial charge in [-0.1, -0.05) is 0 Å². The molecule has 0 radical (unpaired) electrons. The first-order chi connectivity index (χ1) is 5.25. The molecule has 0 amide bonds. The van der Waals surface area contributed by atoms with Gasteiger partial charge in [0.2, 0.25) is 0 Å². The molecule has 1 fully saturated rings. The van der Waals surface area contributed by atoms with E-state index in [4.69, 9.17) is 4.74 Å². The van der Waals surface area contributed by atoms with E-state index in [0.29, 0.717) is 13.2 Å². The molecule has 4 nitrogen and oxygen atoms in total. The molecular weight excluding hydrogens is 182 g/mol. The third kappa shape index (κ3) is 2.62. The Morgan fingerprint density at radius 1 is 1.67 bits per heavy atom. The zero-order valence-corrected chi connectivity index (χ0v) is 8.02. The van der Waals surface area contributed by atoms with Gasteiger partial charge in [-0.3, -0.25) is 10.1 Å². The fourth-order valence-corrected chi connectivity index (χ4v) is 1.12. The molecule has 72 valence electrons. The van der Waals surface area contributed by atoms with Crippen LogP contribution < -0.4 is 5.32 Å². The second-order valence-electron chi connectivity index (χ2n) is 2.53. The molecule has 0 unspecified atom stereocenters. The number of esters is 1. The van der Waals surface area contributed by atoms with Crippen molar-refractivity contribution in [2.24, 2.45) is 0 Å². The van der Waals surface area contributed by atoms with Gasteiger partial charge in [0.05, 0.1) is 19.8 Å². The van der Waals surface area contributed by atoms with Gasteiger partial charge in [0.15, 0.2) is 0 Å². The van der Waals surface area contributed by atoms with Crippen molar-refractivity contribution in [1.29, 1.82) is 0 Å². The molecule has 0 spiro atoms. The first kappa shape index (κ1) is 11.7. The minimum Gasteiger partial charge on any atom is -0.468 e. The largest absolute Gasteiger partial charge is 0.468 e. The summed E-state index contributed by atoms with van der Waals surface area (Å²) in [6.45, 7) is 3.23. The molecule has 0 aliphatic carbocycles. The van der Waals surface area contributed by atoms with E-state index in [-0.39, 0.29) is 30.5 Å². The molecule has 1 aliphatic rings. The van der Waals surface area contributed by atoms with E-state index < -0.39 is 0 Å². The van der Waals surface area contributed by atoms with Crippen LogP contribution in [0.2, 0.25) is 0 Å². The molecule has 1 N–H and O–H groups in total. The number of ether oxygens (including phenoxy) is 2. The molecule has 0 aromatic heterocycles. The SMILES string of the molecule is COC(=O)[C@@H]1NCCO[C@H]1C.Cl. The van der Waals surface area contributed by atoms with Crippen LogP contribution in [-0.2, 0) is 14.3 Å². The number of rotatable bonds is 1. The normalized spacial score (nSPS) is 28.8. The number of morpholine rings is 1. The maximum absolute atomic E-state index is 11.0. The topological polar surface area (TPSA) is 47.6 Å². The second kappa shape index (κ2) is 5.35. The first-order valence-corrected chi connectivity index (χ1v) is 3.68. The standard InChI is InChI=1S/C7H13NO3.ClH/c1-5-6(7(9)10-2)8-3-4-11-5;/h5-6,8H,3-4H2,1-2H3;1H/t5-,6+;/m0./s1. The van der Waals surface area contributed by atoms with Gasteiger partial charge in [0, 0.05) is 6.54 Å². The van der Waals surface area contributed by atoms with E-state index in [1.54, 1.807) is 0 Å². The Morgan fingerprint density at radius 3 is 2.83 bits per heavy atom. The maximum Gasteiger partial charge on any atom is 0.325 e. The molecule has 0 aromatic rings. The lowest BCUT2D eigenvalue weighted by Crippen LogP contribution is -2.52. The Balaban J connectivity index is 0.00000121. The number of methoxy groups -OCH3 is 1. The minimum absolute atomic E-state index is 0. The average Bonchev–Trinajstić information content (AvgIpc) is 2.04. The van der Waals surface area contributed by atoms with Gasteiger partial charge in [-0.05, 0) is 6.92 Å². The van der Waals surface area contributed by atoms with Crippen LogP contribution in [0.5, 0.6) is 0 Å².